The van der Waals surface area contributed by atoms with Crippen LogP contribution in [0.1, 0.15) is 69.0 Å². The van der Waals surface area contributed by atoms with Crippen LogP contribution in [0.4, 0.5) is 0 Å². The molecule has 0 bridgehead atoms. The molecule has 0 aromatic heterocycles. The minimum atomic E-state index is 0.189. The Balaban J connectivity index is 1.83. The molecular weight excluding hydrogens is 234 g/mol. The maximum atomic E-state index is 6.30. The summed E-state index contributed by atoms with van der Waals surface area (Å²) in [6.45, 7) is 3.11. The van der Waals surface area contributed by atoms with Crippen LogP contribution in [0.5, 0.6) is 5.75 Å². The number of unbranched alkanes of at least 4 members (excludes halogenated alkanes) is 4. The molecule has 106 valence electrons. The molecule has 1 aliphatic rings. The molecule has 0 fully saturated rings. The largest absolute Gasteiger partial charge is 0.493 e. The SMILES string of the molecule is CCCCCCCC(N)c1ccc2c(c1)CCCO2. The van der Waals surface area contributed by atoms with E-state index in [9.17, 15) is 0 Å². The molecule has 0 aliphatic carbocycles. The van der Waals surface area contributed by atoms with Gasteiger partial charge in [0.25, 0.3) is 0 Å². The predicted octanol–water partition coefficient (Wildman–Crippen LogP) is 4.37. The van der Waals surface area contributed by atoms with Crippen molar-refractivity contribution >= 4 is 0 Å². The van der Waals surface area contributed by atoms with Crippen molar-refractivity contribution in [1.82, 2.24) is 0 Å². The maximum Gasteiger partial charge on any atom is 0.122 e. The van der Waals surface area contributed by atoms with E-state index in [-0.39, 0.29) is 6.04 Å². The van der Waals surface area contributed by atoms with E-state index in [1.54, 1.807) is 0 Å². The lowest BCUT2D eigenvalue weighted by Crippen LogP contribution is -2.13. The summed E-state index contributed by atoms with van der Waals surface area (Å²) in [5, 5.41) is 0. The summed E-state index contributed by atoms with van der Waals surface area (Å²) in [5.74, 6) is 1.06. The summed E-state index contributed by atoms with van der Waals surface area (Å²) >= 11 is 0. The lowest BCUT2D eigenvalue weighted by atomic mass is 9.96. The quantitative estimate of drug-likeness (QED) is 0.740. The van der Waals surface area contributed by atoms with Crippen molar-refractivity contribution in [2.75, 3.05) is 6.61 Å². The highest BCUT2D eigenvalue weighted by molar-refractivity contribution is 5.39. The molecule has 1 atom stereocenters. The molecule has 2 rings (SSSR count). The third kappa shape index (κ3) is 4.24. The van der Waals surface area contributed by atoms with Gasteiger partial charge in [-0.05, 0) is 36.5 Å². The second kappa shape index (κ2) is 7.54. The fourth-order valence-electron chi connectivity index (χ4n) is 2.75. The molecule has 0 amide bonds. The Morgan fingerprint density at radius 3 is 2.89 bits per heavy atom. The lowest BCUT2D eigenvalue weighted by molar-refractivity contribution is 0.288. The van der Waals surface area contributed by atoms with E-state index in [1.807, 2.05) is 0 Å². The Bertz CT molecular complexity index is 389. The average Bonchev–Trinajstić information content (AvgIpc) is 2.46. The summed E-state index contributed by atoms with van der Waals surface area (Å²) in [6, 6.07) is 6.68. The van der Waals surface area contributed by atoms with Gasteiger partial charge in [0.1, 0.15) is 5.75 Å². The van der Waals surface area contributed by atoms with Crippen molar-refractivity contribution < 1.29 is 4.74 Å². The van der Waals surface area contributed by atoms with Crippen LogP contribution in [-0.4, -0.2) is 6.61 Å². The number of aryl methyl sites for hydroxylation is 1. The number of benzene rings is 1. The minimum absolute atomic E-state index is 0.189. The number of ether oxygens (including phenoxy) is 1. The summed E-state index contributed by atoms with van der Waals surface area (Å²) in [5.41, 5.74) is 8.92. The van der Waals surface area contributed by atoms with E-state index >= 15 is 0 Å². The molecule has 0 saturated heterocycles. The van der Waals surface area contributed by atoms with Crippen molar-refractivity contribution in [2.24, 2.45) is 5.73 Å². The van der Waals surface area contributed by atoms with Crippen LogP contribution >= 0.6 is 0 Å². The van der Waals surface area contributed by atoms with Crippen LogP contribution in [0.2, 0.25) is 0 Å². The lowest BCUT2D eigenvalue weighted by Gasteiger charge is -2.20. The summed E-state index contributed by atoms with van der Waals surface area (Å²) in [6.07, 6.45) is 9.92. The second-order valence-electron chi connectivity index (χ2n) is 5.63. The van der Waals surface area contributed by atoms with Gasteiger partial charge in [0.2, 0.25) is 0 Å². The summed E-state index contributed by atoms with van der Waals surface area (Å²) in [4.78, 5) is 0. The summed E-state index contributed by atoms with van der Waals surface area (Å²) in [7, 11) is 0. The normalized spacial score (nSPS) is 15.7. The van der Waals surface area contributed by atoms with Crippen LogP contribution in [-0.2, 0) is 6.42 Å². The zero-order chi connectivity index (χ0) is 13.5. The molecule has 2 nitrogen and oxygen atoms in total. The first-order chi connectivity index (χ1) is 9.31. The molecule has 1 unspecified atom stereocenters. The standard InChI is InChI=1S/C17H27NO/c1-2-3-4-5-6-9-16(18)14-10-11-17-15(13-14)8-7-12-19-17/h10-11,13,16H,2-9,12,18H2,1H3. The van der Waals surface area contributed by atoms with Gasteiger partial charge in [-0.2, -0.15) is 0 Å². The molecule has 1 heterocycles. The third-order valence-electron chi connectivity index (χ3n) is 3.98. The zero-order valence-electron chi connectivity index (χ0n) is 12.2. The monoisotopic (exact) mass is 261 g/mol. The van der Waals surface area contributed by atoms with Gasteiger partial charge >= 0.3 is 0 Å². The molecular formula is C17H27NO. The average molecular weight is 261 g/mol. The number of hydrogen-bond acceptors (Lipinski definition) is 2. The van der Waals surface area contributed by atoms with Gasteiger partial charge in [0.05, 0.1) is 6.61 Å². The third-order valence-corrected chi connectivity index (χ3v) is 3.98. The molecule has 0 radical (unpaired) electrons. The first-order valence-electron chi connectivity index (χ1n) is 7.82. The number of fused-ring (bicyclic) bond motifs is 1. The van der Waals surface area contributed by atoms with Crippen LogP contribution in [0.15, 0.2) is 18.2 Å². The first-order valence-corrected chi connectivity index (χ1v) is 7.82. The van der Waals surface area contributed by atoms with Crippen molar-refractivity contribution in [3.63, 3.8) is 0 Å². The fourth-order valence-corrected chi connectivity index (χ4v) is 2.75. The van der Waals surface area contributed by atoms with Crippen molar-refractivity contribution in [3.8, 4) is 5.75 Å². The van der Waals surface area contributed by atoms with Crippen LogP contribution in [0, 0.1) is 0 Å². The predicted molar refractivity (Wildman–Crippen MR) is 80.6 cm³/mol. The van der Waals surface area contributed by atoms with Crippen molar-refractivity contribution in [2.45, 2.75) is 64.3 Å². The van der Waals surface area contributed by atoms with E-state index in [4.69, 9.17) is 10.5 Å². The number of rotatable bonds is 7. The Morgan fingerprint density at radius 1 is 1.21 bits per heavy atom. The van der Waals surface area contributed by atoms with Gasteiger partial charge in [0, 0.05) is 6.04 Å². The van der Waals surface area contributed by atoms with Crippen molar-refractivity contribution in [1.29, 1.82) is 0 Å². The van der Waals surface area contributed by atoms with E-state index in [1.165, 1.54) is 43.2 Å². The summed E-state index contributed by atoms with van der Waals surface area (Å²) < 4.78 is 5.64. The molecule has 0 spiro atoms. The van der Waals surface area contributed by atoms with Gasteiger partial charge in [-0.3, -0.25) is 0 Å². The van der Waals surface area contributed by atoms with Crippen LogP contribution < -0.4 is 10.5 Å². The number of nitrogens with two attached hydrogens (primary N) is 1. The Labute approximate surface area is 117 Å². The minimum Gasteiger partial charge on any atom is -0.493 e. The highest BCUT2D eigenvalue weighted by Gasteiger charge is 2.13. The van der Waals surface area contributed by atoms with E-state index < -0.39 is 0 Å². The van der Waals surface area contributed by atoms with Crippen LogP contribution in [0.25, 0.3) is 0 Å². The molecule has 0 saturated carbocycles. The van der Waals surface area contributed by atoms with Gasteiger partial charge in [0.15, 0.2) is 0 Å². The molecule has 1 aromatic rings. The van der Waals surface area contributed by atoms with Gasteiger partial charge in [-0.15, -0.1) is 0 Å². The Morgan fingerprint density at radius 2 is 2.05 bits per heavy atom. The fraction of sp³-hybridized carbons (Fsp3) is 0.647. The van der Waals surface area contributed by atoms with Gasteiger partial charge in [-0.1, -0.05) is 51.2 Å². The Hall–Kier alpha value is -1.02. The smallest absolute Gasteiger partial charge is 0.122 e. The molecule has 19 heavy (non-hydrogen) atoms. The molecule has 2 heteroatoms. The Kier molecular flexibility index (Phi) is 5.71. The van der Waals surface area contributed by atoms with Crippen LogP contribution in [0.3, 0.4) is 0 Å². The molecule has 1 aromatic carbocycles. The molecule has 1 aliphatic heterocycles. The topological polar surface area (TPSA) is 35.2 Å². The van der Waals surface area contributed by atoms with Gasteiger partial charge < -0.3 is 10.5 Å². The van der Waals surface area contributed by atoms with E-state index in [2.05, 4.69) is 25.1 Å². The first kappa shape index (κ1) is 14.4. The highest BCUT2D eigenvalue weighted by atomic mass is 16.5. The molecule has 2 N–H and O–H groups in total. The zero-order valence-corrected chi connectivity index (χ0v) is 12.2. The van der Waals surface area contributed by atoms with Crippen molar-refractivity contribution in [3.05, 3.63) is 29.3 Å². The number of hydrogen-bond donors (Lipinski definition) is 1. The second-order valence-corrected chi connectivity index (χ2v) is 5.63. The van der Waals surface area contributed by atoms with E-state index in [0.717, 1.165) is 31.6 Å². The highest BCUT2D eigenvalue weighted by Crippen LogP contribution is 2.28. The van der Waals surface area contributed by atoms with Gasteiger partial charge in [-0.25, -0.2) is 0 Å². The maximum absolute atomic E-state index is 6.30. The van der Waals surface area contributed by atoms with E-state index in [0.29, 0.717) is 0 Å².